The summed E-state index contributed by atoms with van der Waals surface area (Å²) in [4.78, 5) is 0. The predicted octanol–water partition coefficient (Wildman–Crippen LogP) is 0.622. The average Bonchev–Trinajstić information content (AvgIpc) is 2.55. The number of aromatic nitrogens is 2. The zero-order valence-electron chi connectivity index (χ0n) is 12.1. The molecule has 0 unspecified atom stereocenters. The lowest BCUT2D eigenvalue weighted by Crippen LogP contribution is -2.41. The molecule has 0 atom stereocenters. The van der Waals surface area contributed by atoms with Gasteiger partial charge in [-0.05, 0) is 18.1 Å². The highest BCUT2D eigenvalue weighted by Gasteiger charge is 2.37. The van der Waals surface area contributed by atoms with Crippen LogP contribution >= 0.6 is 0 Å². The van der Waals surface area contributed by atoms with Crippen LogP contribution in [0.5, 0.6) is 0 Å². The third-order valence-corrected chi connectivity index (χ3v) is 8.07. The SMILES string of the molecule is Cn1cc(B(O)O)c(CO[Si](C)(C)C(C)(C)C)n1. The maximum atomic E-state index is 9.27. The van der Waals surface area contributed by atoms with Crippen LogP contribution in [-0.4, -0.2) is 35.3 Å². The van der Waals surface area contributed by atoms with Crippen molar-refractivity contribution in [3.05, 3.63) is 11.9 Å². The van der Waals surface area contributed by atoms with Gasteiger partial charge in [0, 0.05) is 18.7 Å². The lowest BCUT2D eigenvalue weighted by molar-refractivity contribution is 0.271. The molecule has 0 spiro atoms. The Morgan fingerprint density at radius 1 is 1.39 bits per heavy atom. The van der Waals surface area contributed by atoms with Crippen molar-refractivity contribution in [2.45, 2.75) is 45.5 Å². The van der Waals surface area contributed by atoms with E-state index in [1.807, 2.05) is 0 Å². The maximum Gasteiger partial charge on any atom is 0.492 e. The summed E-state index contributed by atoms with van der Waals surface area (Å²) in [5, 5.41) is 22.9. The molecule has 1 rings (SSSR count). The van der Waals surface area contributed by atoms with Crippen LogP contribution in [0.3, 0.4) is 0 Å². The molecule has 0 amide bonds. The van der Waals surface area contributed by atoms with Gasteiger partial charge in [0.2, 0.25) is 0 Å². The van der Waals surface area contributed by atoms with Crippen molar-refractivity contribution in [2.24, 2.45) is 7.05 Å². The summed E-state index contributed by atoms with van der Waals surface area (Å²) in [5.74, 6) is 0. The second-order valence-corrected chi connectivity index (χ2v) is 10.9. The molecule has 0 aliphatic heterocycles. The van der Waals surface area contributed by atoms with E-state index in [4.69, 9.17) is 4.43 Å². The van der Waals surface area contributed by atoms with Crippen molar-refractivity contribution in [2.75, 3.05) is 0 Å². The van der Waals surface area contributed by atoms with Crippen molar-refractivity contribution in [3.8, 4) is 0 Å². The second-order valence-electron chi connectivity index (χ2n) is 6.13. The van der Waals surface area contributed by atoms with Crippen LogP contribution < -0.4 is 5.46 Å². The van der Waals surface area contributed by atoms with Gasteiger partial charge in [0.1, 0.15) is 0 Å². The largest absolute Gasteiger partial charge is 0.492 e. The maximum absolute atomic E-state index is 9.27. The first-order chi connectivity index (χ1) is 8.04. The van der Waals surface area contributed by atoms with Crippen molar-refractivity contribution < 1.29 is 14.5 Å². The summed E-state index contributed by atoms with van der Waals surface area (Å²) in [7, 11) is -1.60. The van der Waals surface area contributed by atoms with Gasteiger partial charge in [-0.3, -0.25) is 4.68 Å². The fourth-order valence-corrected chi connectivity index (χ4v) is 2.28. The van der Waals surface area contributed by atoms with Crippen LogP contribution in [0.1, 0.15) is 26.5 Å². The zero-order chi connectivity index (χ0) is 14.1. The number of rotatable bonds is 4. The van der Waals surface area contributed by atoms with Gasteiger partial charge in [0.15, 0.2) is 8.32 Å². The predicted molar refractivity (Wildman–Crippen MR) is 75.0 cm³/mol. The summed E-state index contributed by atoms with van der Waals surface area (Å²) >= 11 is 0. The number of aryl methyl sites for hydroxylation is 1. The third kappa shape index (κ3) is 3.44. The fraction of sp³-hybridized carbons (Fsp3) is 0.727. The van der Waals surface area contributed by atoms with E-state index in [1.54, 1.807) is 17.9 Å². The van der Waals surface area contributed by atoms with Crippen molar-refractivity contribution in [1.82, 2.24) is 9.78 Å². The Bertz CT molecular complexity index is 413. The Labute approximate surface area is 110 Å². The van der Waals surface area contributed by atoms with E-state index in [2.05, 4.69) is 39.0 Å². The van der Waals surface area contributed by atoms with E-state index in [1.165, 1.54) is 0 Å². The molecule has 0 saturated carbocycles. The fourth-order valence-electron chi connectivity index (χ4n) is 1.35. The highest BCUT2D eigenvalue weighted by atomic mass is 28.4. The lowest BCUT2D eigenvalue weighted by atomic mass is 9.81. The average molecular weight is 270 g/mol. The molecule has 0 aromatic carbocycles. The van der Waals surface area contributed by atoms with Crippen LogP contribution in [0.15, 0.2) is 6.20 Å². The molecule has 7 heteroatoms. The molecule has 18 heavy (non-hydrogen) atoms. The Morgan fingerprint density at radius 2 is 1.94 bits per heavy atom. The Hall–Kier alpha value is -0.628. The van der Waals surface area contributed by atoms with E-state index < -0.39 is 15.4 Å². The molecule has 1 aromatic rings. The first-order valence-corrected chi connectivity index (χ1v) is 8.98. The molecule has 0 aliphatic carbocycles. The van der Waals surface area contributed by atoms with E-state index in [0.29, 0.717) is 17.8 Å². The van der Waals surface area contributed by atoms with Crippen molar-refractivity contribution in [1.29, 1.82) is 0 Å². The van der Waals surface area contributed by atoms with Crippen LogP contribution in [0, 0.1) is 0 Å². The van der Waals surface area contributed by atoms with Gasteiger partial charge in [-0.25, -0.2) is 0 Å². The lowest BCUT2D eigenvalue weighted by Gasteiger charge is -2.36. The summed E-state index contributed by atoms with van der Waals surface area (Å²) in [5.41, 5.74) is 1.01. The van der Waals surface area contributed by atoms with Gasteiger partial charge in [0.25, 0.3) is 0 Å². The molecule has 5 nitrogen and oxygen atoms in total. The van der Waals surface area contributed by atoms with Gasteiger partial charge in [-0.15, -0.1) is 0 Å². The van der Waals surface area contributed by atoms with E-state index in [0.717, 1.165) is 0 Å². The quantitative estimate of drug-likeness (QED) is 0.787. The Kier molecular flexibility index (Phi) is 4.43. The topological polar surface area (TPSA) is 67.5 Å². The second kappa shape index (κ2) is 5.16. The minimum atomic E-state index is -1.85. The molecule has 0 radical (unpaired) electrons. The summed E-state index contributed by atoms with van der Waals surface area (Å²) in [6.07, 6.45) is 1.61. The summed E-state index contributed by atoms with van der Waals surface area (Å²) in [6, 6.07) is 0. The highest BCUT2D eigenvalue weighted by Crippen LogP contribution is 2.36. The highest BCUT2D eigenvalue weighted by molar-refractivity contribution is 6.74. The standard InChI is InChI=1S/C11H23BN2O3Si/c1-11(2,3)18(5,6)17-8-10-9(12(15)16)7-14(4)13-10/h7,15-16H,8H2,1-6H3. The van der Waals surface area contributed by atoms with Crippen LogP contribution in [-0.2, 0) is 18.1 Å². The summed E-state index contributed by atoms with van der Waals surface area (Å²) in [6.45, 7) is 11.1. The van der Waals surface area contributed by atoms with Gasteiger partial charge in [0.05, 0.1) is 12.3 Å². The molecule has 0 bridgehead atoms. The minimum Gasteiger partial charge on any atom is -0.423 e. The van der Waals surface area contributed by atoms with Crippen LogP contribution in [0.25, 0.3) is 0 Å². The first-order valence-electron chi connectivity index (χ1n) is 6.07. The summed E-state index contributed by atoms with van der Waals surface area (Å²) < 4.78 is 7.59. The molecule has 0 aliphatic rings. The molecule has 0 fully saturated rings. The van der Waals surface area contributed by atoms with Gasteiger partial charge < -0.3 is 14.5 Å². The third-order valence-electron chi connectivity index (χ3n) is 3.59. The van der Waals surface area contributed by atoms with Crippen LogP contribution in [0.4, 0.5) is 0 Å². The van der Waals surface area contributed by atoms with E-state index >= 15 is 0 Å². The van der Waals surface area contributed by atoms with Crippen LogP contribution in [0.2, 0.25) is 18.1 Å². The minimum absolute atomic E-state index is 0.125. The number of hydrogen-bond donors (Lipinski definition) is 2. The normalized spacial score (nSPS) is 12.9. The Morgan fingerprint density at radius 3 is 2.39 bits per heavy atom. The molecule has 0 saturated heterocycles. The molecular formula is C11H23BN2O3Si. The van der Waals surface area contributed by atoms with E-state index in [9.17, 15) is 10.0 Å². The zero-order valence-corrected chi connectivity index (χ0v) is 13.1. The van der Waals surface area contributed by atoms with Crippen molar-refractivity contribution in [3.63, 3.8) is 0 Å². The number of hydrogen-bond acceptors (Lipinski definition) is 4. The molecule has 2 N–H and O–H groups in total. The van der Waals surface area contributed by atoms with Gasteiger partial charge >= 0.3 is 7.12 Å². The molecule has 102 valence electrons. The number of nitrogens with zero attached hydrogens (tertiary/aromatic N) is 2. The molecule has 1 heterocycles. The van der Waals surface area contributed by atoms with Crippen molar-refractivity contribution >= 4 is 20.9 Å². The molecular weight excluding hydrogens is 247 g/mol. The van der Waals surface area contributed by atoms with E-state index in [-0.39, 0.29) is 5.04 Å². The molecule has 1 aromatic heterocycles. The Balaban J connectivity index is 2.81. The smallest absolute Gasteiger partial charge is 0.423 e. The monoisotopic (exact) mass is 270 g/mol. The van der Waals surface area contributed by atoms with Gasteiger partial charge in [-0.1, -0.05) is 20.8 Å². The van der Waals surface area contributed by atoms with Gasteiger partial charge in [-0.2, -0.15) is 5.10 Å². The first kappa shape index (κ1) is 15.4.